The Morgan fingerprint density at radius 3 is 1.35 bits per heavy atom. The lowest BCUT2D eigenvalue weighted by molar-refractivity contribution is -0.135. The van der Waals surface area contributed by atoms with E-state index in [1.807, 2.05) is 19.6 Å². The fourth-order valence-corrected chi connectivity index (χ4v) is 3.41. The third-order valence-electron chi connectivity index (χ3n) is 3.83. The van der Waals surface area contributed by atoms with Crippen LogP contribution in [0, 0.1) is 0 Å². The average Bonchev–Trinajstić information content (AvgIpc) is 2.41. The Labute approximate surface area is 144 Å². The summed E-state index contributed by atoms with van der Waals surface area (Å²) < 4.78 is 5.43. The van der Waals surface area contributed by atoms with Crippen LogP contribution in [0.15, 0.2) is 0 Å². The largest absolute Gasteiger partial charge is 0.520 e. The van der Waals surface area contributed by atoms with Crippen LogP contribution >= 0.6 is 0 Å². The highest BCUT2D eigenvalue weighted by Crippen LogP contribution is 2.13. The SMILES string of the molecule is CC(=O)CCCCCCCCCCCCCC(=O)O[Si](C)(C)C. The minimum Gasteiger partial charge on any atom is -0.520 e. The van der Waals surface area contributed by atoms with Gasteiger partial charge in [0.25, 0.3) is 5.97 Å². The fourth-order valence-electron chi connectivity index (χ4n) is 2.63. The van der Waals surface area contributed by atoms with Gasteiger partial charge >= 0.3 is 0 Å². The lowest BCUT2D eigenvalue weighted by Gasteiger charge is -2.17. The first-order valence-electron chi connectivity index (χ1n) is 9.52. The average molecular weight is 343 g/mol. The van der Waals surface area contributed by atoms with Crippen LogP contribution in [0.2, 0.25) is 19.6 Å². The lowest BCUT2D eigenvalue weighted by atomic mass is 10.0. The van der Waals surface area contributed by atoms with E-state index in [2.05, 4.69) is 0 Å². The first kappa shape index (κ1) is 22.4. The molecule has 0 spiro atoms. The Bertz CT molecular complexity index is 321. The van der Waals surface area contributed by atoms with E-state index < -0.39 is 8.32 Å². The molecule has 4 heteroatoms. The predicted molar refractivity (Wildman–Crippen MR) is 100 cm³/mol. The molecule has 0 aromatic carbocycles. The van der Waals surface area contributed by atoms with Crippen LogP contribution in [0.25, 0.3) is 0 Å². The van der Waals surface area contributed by atoms with Crippen molar-refractivity contribution in [2.45, 2.75) is 110 Å². The Morgan fingerprint density at radius 1 is 0.652 bits per heavy atom. The number of carbonyl (C=O) groups is 2. The molecule has 0 aliphatic rings. The van der Waals surface area contributed by atoms with Crippen molar-refractivity contribution in [1.29, 1.82) is 0 Å². The topological polar surface area (TPSA) is 43.4 Å². The van der Waals surface area contributed by atoms with Gasteiger partial charge < -0.3 is 9.22 Å². The number of ketones is 1. The highest BCUT2D eigenvalue weighted by molar-refractivity contribution is 6.71. The lowest BCUT2D eigenvalue weighted by Crippen LogP contribution is -2.28. The molecule has 3 nitrogen and oxygen atoms in total. The van der Waals surface area contributed by atoms with Gasteiger partial charge in [-0.15, -0.1) is 0 Å². The summed E-state index contributed by atoms with van der Waals surface area (Å²) in [5, 5.41) is 0. The molecule has 0 atom stereocenters. The number of hydrogen-bond donors (Lipinski definition) is 0. The summed E-state index contributed by atoms with van der Waals surface area (Å²) in [5.74, 6) is 0.313. The van der Waals surface area contributed by atoms with Crippen molar-refractivity contribution in [3.05, 3.63) is 0 Å². The van der Waals surface area contributed by atoms with Crippen molar-refractivity contribution in [2.24, 2.45) is 0 Å². The van der Waals surface area contributed by atoms with Crippen molar-refractivity contribution >= 4 is 20.1 Å². The minimum atomic E-state index is -1.69. The Balaban J connectivity index is 3.19. The van der Waals surface area contributed by atoms with Crippen LogP contribution < -0.4 is 0 Å². The van der Waals surface area contributed by atoms with Crippen LogP contribution in [0.1, 0.15) is 90.4 Å². The molecule has 0 unspecified atom stereocenters. The van der Waals surface area contributed by atoms with Gasteiger partial charge in [0.1, 0.15) is 5.78 Å². The summed E-state index contributed by atoms with van der Waals surface area (Å²) in [4.78, 5) is 22.4. The fraction of sp³-hybridized carbons (Fsp3) is 0.895. The molecule has 0 fully saturated rings. The molecule has 0 aliphatic carbocycles. The maximum Gasteiger partial charge on any atom is 0.292 e. The molecule has 0 aliphatic heterocycles. The summed E-state index contributed by atoms with van der Waals surface area (Å²) in [6, 6.07) is 0. The van der Waals surface area contributed by atoms with Gasteiger partial charge in [-0.3, -0.25) is 4.79 Å². The smallest absolute Gasteiger partial charge is 0.292 e. The molecule has 0 bridgehead atoms. The van der Waals surface area contributed by atoms with Gasteiger partial charge in [0.2, 0.25) is 8.32 Å². The minimum absolute atomic E-state index is 0.00561. The van der Waals surface area contributed by atoms with Gasteiger partial charge in [0.05, 0.1) is 0 Å². The quantitative estimate of drug-likeness (QED) is 0.270. The van der Waals surface area contributed by atoms with Crippen LogP contribution in [0.4, 0.5) is 0 Å². The van der Waals surface area contributed by atoms with E-state index in [-0.39, 0.29) is 5.97 Å². The van der Waals surface area contributed by atoms with E-state index in [4.69, 9.17) is 4.43 Å². The molecule has 0 rings (SSSR count). The second-order valence-corrected chi connectivity index (χ2v) is 12.1. The van der Waals surface area contributed by atoms with Crippen molar-refractivity contribution in [3.63, 3.8) is 0 Å². The maximum absolute atomic E-state index is 11.6. The first-order valence-corrected chi connectivity index (χ1v) is 12.9. The molecule has 0 heterocycles. The summed E-state index contributed by atoms with van der Waals surface area (Å²) in [6.45, 7) is 7.83. The second kappa shape index (κ2) is 13.8. The van der Waals surface area contributed by atoms with Crippen LogP contribution in [0.3, 0.4) is 0 Å². The van der Waals surface area contributed by atoms with Gasteiger partial charge in [0, 0.05) is 12.8 Å². The van der Waals surface area contributed by atoms with Gasteiger partial charge in [0.15, 0.2) is 0 Å². The molecule has 0 aromatic heterocycles. The van der Waals surface area contributed by atoms with E-state index >= 15 is 0 Å². The molecule has 0 saturated heterocycles. The number of hydrogen-bond acceptors (Lipinski definition) is 3. The Morgan fingerprint density at radius 2 is 1.00 bits per heavy atom. The summed E-state index contributed by atoms with van der Waals surface area (Å²) in [7, 11) is -1.69. The molecule has 0 amide bonds. The zero-order valence-corrected chi connectivity index (χ0v) is 16.9. The predicted octanol–water partition coefficient (Wildman–Crippen LogP) is 6.02. The monoisotopic (exact) mass is 342 g/mol. The van der Waals surface area contributed by atoms with Crippen molar-refractivity contribution < 1.29 is 14.0 Å². The van der Waals surface area contributed by atoms with E-state index in [1.165, 1.54) is 51.4 Å². The third-order valence-corrected chi connectivity index (χ3v) is 4.67. The molecule has 0 N–H and O–H groups in total. The van der Waals surface area contributed by atoms with E-state index in [0.717, 1.165) is 25.7 Å². The van der Waals surface area contributed by atoms with Crippen LogP contribution in [-0.4, -0.2) is 20.1 Å². The molecule has 136 valence electrons. The molecule has 0 radical (unpaired) electrons. The molecular formula is C19H38O3Si. The highest BCUT2D eigenvalue weighted by atomic mass is 28.4. The maximum atomic E-state index is 11.6. The van der Waals surface area contributed by atoms with Crippen LogP contribution in [-0.2, 0) is 14.0 Å². The summed E-state index contributed by atoms with van der Waals surface area (Å²) in [5.41, 5.74) is 0. The van der Waals surface area contributed by atoms with Crippen molar-refractivity contribution in [3.8, 4) is 0 Å². The second-order valence-electron chi connectivity index (χ2n) is 7.68. The number of Topliss-reactive ketones (excluding diaryl/α,β-unsaturated/α-hetero) is 1. The van der Waals surface area contributed by atoms with Crippen LogP contribution in [0.5, 0.6) is 0 Å². The zero-order valence-electron chi connectivity index (χ0n) is 15.9. The molecule has 0 aromatic rings. The summed E-state index contributed by atoms with van der Waals surface area (Å²) in [6.07, 6.45) is 14.8. The zero-order chi connectivity index (χ0) is 17.6. The standard InChI is InChI=1S/C19H38O3Si/c1-18(20)16-14-12-10-8-6-5-7-9-11-13-15-17-19(21)22-23(2,3)4/h5-17H2,1-4H3. The van der Waals surface area contributed by atoms with Crippen molar-refractivity contribution in [1.82, 2.24) is 0 Å². The number of unbranched alkanes of at least 4 members (excludes halogenated alkanes) is 10. The van der Waals surface area contributed by atoms with Gasteiger partial charge in [-0.2, -0.15) is 0 Å². The van der Waals surface area contributed by atoms with E-state index in [0.29, 0.717) is 12.2 Å². The third kappa shape index (κ3) is 19.3. The highest BCUT2D eigenvalue weighted by Gasteiger charge is 2.19. The molecular weight excluding hydrogens is 304 g/mol. The van der Waals surface area contributed by atoms with Crippen molar-refractivity contribution in [2.75, 3.05) is 0 Å². The van der Waals surface area contributed by atoms with Gasteiger partial charge in [-0.25, -0.2) is 0 Å². The first-order chi connectivity index (χ1) is 10.8. The summed E-state index contributed by atoms with van der Waals surface area (Å²) >= 11 is 0. The Hall–Kier alpha value is -0.643. The molecule has 23 heavy (non-hydrogen) atoms. The normalized spacial score (nSPS) is 11.5. The van der Waals surface area contributed by atoms with Gasteiger partial charge in [-0.1, -0.05) is 57.8 Å². The molecule has 0 saturated carbocycles. The van der Waals surface area contributed by atoms with E-state index in [1.54, 1.807) is 6.92 Å². The number of carbonyl (C=O) groups excluding carboxylic acids is 2. The van der Waals surface area contributed by atoms with E-state index in [9.17, 15) is 9.59 Å². The Kier molecular flexibility index (Phi) is 13.4. The van der Waals surface area contributed by atoms with Gasteiger partial charge in [-0.05, 0) is 39.4 Å². The number of rotatable bonds is 15.